The third-order valence-corrected chi connectivity index (χ3v) is 3.05. The second-order valence-electron chi connectivity index (χ2n) is 4.98. The third-order valence-electron chi connectivity index (χ3n) is 3.05. The van der Waals surface area contributed by atoms with Gasteiger partial charge in [0.2, 0.25) is 5.91 Å². The highest BCUT2D eigenvalue weighted by Gasteiger charge is 2.30. The average molecular weight is 339 g/mol. The number of para-hydroxylation sites is 1. The highest BCUT2D eigenvalue weighted by atomic mass is 19.4. The van der Waals surface area contributed by atoms with Crippen LogP contribution in [0.5, 0.6) is 11.5 Å². The molecule has 0 radical (unpaired) electrons. The van der Waals surface area contributed by atoms with E-state index in [1.807, 2.05) is 31.2 Å². The molecule has 0 bridgehead atoms. The molecule has 0 saturated carbocycles. The Bertz CT molecular complexity index is 684. The zero-order valence-electron chi connectivity index (χ0n) is 12.9. The Morgan fingerprint density at radius 3 is 2.38 bits per heavy atom. The van der Waals surface area contributed by atoms with Crippen LogP contribution in [0.4, 0.5) is 18.9 Å². The molecule has 1 N–H and O–H groups in total. The van der Waals surface area contributed by atoms with Gasteiger partial charge in [0.15, 0.2) is 0 Å². The van der Waals surface area contributed by atoms with Gasteiger partial charge in [-0.15, -0.1) is 13.2 Å². The Morgan fingerprint density at radius 2 is 1.75 bits per heavy atom. The summed E-state index contributed by atoms with van der Waals surface area (Å²) in [6.07, 6.45) is -4.62. The summed E-state index contributed by atoms with van der Waals surface area (Å²) >= 11 is 0. The number of halogens is 3. The molecular weight excluding hydrogens is 323 g/mol. The summed E-state index contributed by atoms with van der Waals surface area (Å²) in [5, 5.41) is 2.58. The molecule has 0 saturated heterocycles. The number of hydrogen-bond donors (Lipinski definition) is 1. The Hall–Kier alpha value is -2.70. The number of benzene rings is 2. The Kier molecular flexibility index (Phi) is 5.68. The predicted octanol–water partition coefficient (Wildman–Crippen LogP) is 4.30. The van der Waals surface area contributed by atoms with Crippen molar-refractivity contribution >= 4 is 11.6 Å². The molecule has 0 aliphatic heterocycles. The van der Waals surface area contributed by atoms with Gasteiger partial charge in [-0.25, -0.2) is 0 Å². The van der Waals surface area contributed by atoms with E-state index in [4.69, 9.17) is 4.74 Å². The fourth-order valence-electron chi connectivity index (χ4n) is 1.94. The predicted molar refractivity (Wildman–Crippen MR) is 83.0 cm³/mol. The maximum Gasteiger partial charge on any atom is 0.573 e. The fraction of sp³-hybridized carbons (Fsp3) is 0.235. The van der Waals surface area contributed by atoms with Crippen molar-refractivity contribution in [1.82, 2.24) is 0 Å². The first-order valence-corrected chi connectivity index (χ1v) is 7.17. The Labute approximate surface area is 137 Å². The van der Waals surface area contributed by atoms with Crippen LogP contribution in [0.3, 0.4) is 0 Å². The van der Waals surface area contributed by atoms with Crippen LogP contribution in [0, 0.1) is 6.92 Å². The van der Waals surface area contributed by atoms with Gasteiger partial charge in [0.25, 0.3) is 0 Å². The lowest BCUT2D eigenvalue weighted by Gasteiger charge is -2.11. The SMILES string of the molecule is Cc1ccccc1OCCC(=O)Nc1ccc(OC(F)(F)F)cc1. The van der Waals surface area contributed by atoms with E-state index in [9.17, 15) is 18.0 Å². The highest BCUT2D eigenvalue weighted by molar-refractivity contribution is 5.90. The Balaban J connectivity index is 1.79. The first-order valence-electron chi connectivity index (χ1n) is 7.17. The molecule has 0 aliphatic rings. The van der Waals surface area contributed by atoms with Crippen molar-refractivity contribution in [2.75, 3.05) is 11.9 Å². The van der Waals surface area contributed by atoms with E-state index in [0.717, 1.165) is 17.7 Å². The molecule has 2 aromatic carbocycles. The fourth-order valence-corrected chi connectivity index (χ4v) is 1.94. The molecule has 2 aromatic rings. The van der Waals surface area contributed by atoms with E-state index >= 15 is 0 Å². The number of carbonyl (C=O) groups is 1. The average Bonchev–Trinajstić information content (AvgIpc) is 2.50. The number of amides is 1. The van der Waals surface area contributed by atoms with E-state index in [-0.39, 0.29) is 24.7 Å². The molecule has 2 rings (SSSR count). The van der Waals surface area contributed by atoms with E-state index in [1.54, 1.807) is 0 Å². The van der Waals surface area contributed by atoms with Crippen molar-refractivity contribution in [1.29, 1.82) is 0 Å². The zero-order valence-corrected chi connectivity index (χ0v) is 12.9. The molecule has 24 heavy (non-hydrogen) atoms. The van der Waals surface area contributed by atoms with Crippen LogP contribution < -0.4 is 14.8 Å². The number of rotatable bonds is 6. The quantitative estimate of drug-likeness (QED) is 0.853. The van der Waals surface area contributed by atoms with Gasteiger partial charge in [-0.3, -0.25) is 4.79 Å². The summed E-state index contributed by atoms with van der Waals surface area (Å²) in [5.74, 6) is 0.0652. The van der Waals surface area contributed by atoms with Crippen LogP contribution in [0.15, 0.2) is 48.5 Å². The second kappa shape index (κ2) is 7.72. The van der Waals surface area contributed by atoms with Crippen molar-refractivity contribution in [2.45, 2.75) is 19.7 Å². The number of aryl methyl sites for hydroxylation is 1. The van der Waals surface area contributed by atoms with Gasteiger partial charge in [-0.2, -0.15) is 0 Å². The van der Waals surface area contributed by atoms with Crippen LogP contribution in [0.2, 0.25) is 0 Å². The molecule has 4 nitrogen and oxygen atoms in total. The van der Waals surface area contributed by atoms with Crippen LogP contribution in [-0.2, 0) is 4.79 Å². The molecule has 0 unspecified atom stereocenters. The van der Waals surface area contributed by atoms with Gasteiger partial charge in [0.1, 0.15) is 11.5 Å². The number of alkyl halides is 3. The first kappa shape index (κ1) is 17.7. The summed E-state index contributed by atoms with van der Waals surface area (Å²) in [5.41, 5.74) is 1.35. The molecule has 7 heteroatoms. The molecule has 0 aromatic heterocycles. The lowest BCUT2D eigenvalue weighted by molar-refractivity contribution is -0.274. The minimum Gasteiger partial charge on any atom is -0.493 e. The third kappa shape index (κ3) is 5.83. The number of ether oxygens (including phenoxy) is 2. The van der Waals surface area contributed by atoms with Crippen LogP contribution in [-0.4, -0.2) is 18.9 Å². The zero-order chi connectivity index (χ0) is 17.6. The van der Waals surface area contributed by atoms with Crippen LogP contribution >= 0.6 is 0 Å². The van der Waals surface area contributed by atoms with E-state index in [0.29, 0.717) is 11.4 Å². The van der Waals surface area contributed by atoms with Gasteiger partial charge < -0.3 is 14.8 Å². The van der Waals surface area contributed by atoms with E-state index < -0.39 is 6.36 Å². The van der Waals surface area contributed by atoms with Crippen LogP contribution in [0.25, 0.3) is 0 Å². The van der Waals surface area contributed by atoms with Gasteiger partial charge in [-0.1, -0.05) is 18.2 Å². The highest BCUT2D eigenvalue weighted by Crippen LogP contribution is 2.24. The minimum absolute atomic E-state index is 0.120. The maximum absolute atomic E-state index is 12.1. The van der Waals surface area contributed by atoms with Gasteiger partial charge in [0, 0.05) is 5.69 Å². The lowest BCUT2D eigenvalue weighted by Crippen LogP contribution is -2.17. The van der Waals surface area contributed by atoms with E-state index in [1.165, 1.54) is 12.1 Å². The van der Waals surface area contributed by atoms with Crippen LogP contribution in [0.1, 0.15) is 12.0 Å². The van der Waals surface area contributed by atoms with Crippen molar-refractivity contribution in [2.24, 2.45) is 0 Å². The smallest absolute Gasteiger partial charge is 0.493 e. The second-order valence-corrected chi connectivity index (χ2v) is 4.98. The molecule has 0 spiro atoms. The van der Waals surface area contributed by atoms with Gasteiger partial charge in [0.05, 0.1) is 13.0 Å². The summed E-state index contributed by atoms with van der Waals surface area (Å²) in [6.45, 7) is 2.10. The molecule has 128 valence electrons. The normalized spacial score (nSPS) is 11.0. The van der Waals surface area contributed by atoms with Crippen molar-refractivity contribution < 1.29 is 27.4 Å². The standard InChI is InChI=1S/C17H16F3NO3/c1-12-4-2-3-5-15(12)23-11-10-16(22)21-13-6-8-14(9-7-13)24-17(18,19)20/h2-9H,10-11H2,1H3,(H,21,22). The molecular formula is C17H16F3NO3. The van der Waals surface area contributed by atoms with E-state index in [2.05, 4.69) is 10.1 Å². The molecule has 0 aliphatic carbocycles. The summed E-state index contributed by atoms with van der Waals surface area (Å²) in [7, 11) is 0. The van der Waals surface area contributed by atoms with Gasteiger partial charge in [-0.05, 0) is 42.8 Å². The van der Waals surface area contributed by atoms with Gasteiger partial charge >= 0.3 is 6.36 Å². The lowest BCUT2D eigenvalue weighted by atomic mass is 10.2. The molecule has 0 fully saturated rings. The molecule has 1 amide bonds. The first-order chi connectivity index (χ1) is 11.3. The number of nitrogens with one attached hydrogen (secondary N) is 1. The maximum atomic E-state index is 12.1. The number of carbonyl (C=O) groups excluding carboxylic acids is 1. The summed E-state index contributed by atoms with van der Waals surface area (Å²) in [4.78, 5) is 11.8. The number of anilines is 1. The summed E-state index contributed by atoms with van der Waals surface area (Å²) in [6, 6.07) is 12.4. The Morgan fingerprint density at radius 1 is 1.08 bits per heavy atom. The molecule has 0 heterocycles. The number of hydrogen-bond acceptors (Lipinski definition) is 3. The minimum atomic E-state index is -4.74. The van der Waals surface area contributed by atoms with Crippen molar-refractivity contribution in [3.05, 3.63) is 54.1 Å². The topological polar surface area (TPSA) is 47.6 Å². The monoisotopic (exact) mass is 339 g/mol. The van der Waals surface area contributed by atoms with Crippen molar-refractivity contribution in [3.8, 4) is 11.5 Å². The summed E-state index contributed by atoms with van der Waals surface area (Å²) < 4.78 is 45.4. The molecule has 0 atom stereocenters. The largest absolute Gasteiger partial charge is 0.573 e. The van der Waals surface area contributed by atoms with Crippen molar-refractivity contribution in [3.63, 3.8) is 0 Å².